The Morgan fingerprint density at radius 3 is 2.63 bits per heavy atom. The topological polar surface area (TPSA) is 81.9 Å². The first-order chi connectivity index (χ1) is 14.5. The minimum absolute atomic E-state index is 0.0889. The molecule has 1 amide bonds. The van der Waals surface area contributed by atoms with E-state index in [1.165, 1.54) is 36.2 Å². The Kier molecular flexibility index (Phi) is 5.43. The van der Waals surface area contributed by atoms with Gasteiger partial charge in [-0.3, -0.25) is 14.0 Å². The number of aromatic nitrogens is 2. The third-order valence-corrected chi connectivity index (χ3v) is 5.65. The summed E-state index contributed by atoms with van der Waals surface area (Å²) in [5.41, 5.74) is 1.16. The van der Waals surface area contributed by atoms with E-state index in [9.17, 15) is 9.59 Å². The minimum Gasteiger partial charge on any atom is -0.493 e. The first-order valence-corrected chi connectivity index (χ1v) is 10.1. The highest BCUT2D eigenvalue weighted by Crippen LogP contribution is 2.31. The summed E-state index contributed by atoms with van der Waals surface area (Å²) in [5.74, 6) is 0.408. The fourth-order valence-electron chi connectivity index (χ4n) is 3.02. The van der Waals surface area contributed by atoms with Gasteiger partial charge in [-0.05, 0) is 18.2 Å². The lowest BCUT2D eigenvalue weighted by Crippen LogP contribution is -2.26. The standard InChI is InChI=1S/C21H16ClN3O4S/c1-28-17-8-7-12(9-18(17)29-2)24-19(26)14-10-23-21-25(20(14)27)16(11-30-21)13-5-3-4-6-15(13)22/h3-11H,1-2H3,(H,24,26). The number of carbonyl (C=O) groups excluding carboxylic acids is 1. The normalized spacial score (nSPS) is 10.8. The van der Waals surface area contributed by atoms with E-state index in [0.717, 1.165) is 0 Å². The summed E-state index contributed by atoms with van der Waals surface area (Å²) >= 11 is 7.59. The Labute approximate surface area is 180 Å². The van der Waals surface area contributed by atoms with Crippen LogP contribution in [0.4, 0.5) is 5.69 Å². The molecule has 0 aliphatic carbocycles. The smallest absolute Gasteiger partial charge is 0.271 e. The Balaban J connectivity index is 1.74. The van der Waals surface area contributed by atoms with E-state index >= 15 is 0 Å². The van der Waals surface area contributed by atoms with Crippen LogP contribution in [-0.4, -0.2) is 29.5 Å². The lowest BCUT2D eigenvalue weighted by atomic mass is 10.2. The molecule has 0 atom stereocenters. The van der Waals surface area contributed by atoms with Gasteiger partial charge in [0.05, 0.1) is 19.9 Å². The van der Waals surface area contributed by atoms with Crippen LogP contribution in [0.5, 0.6) is 11.5 Å². The van der Waals surface area contributed by atoms with Crippen LogP contribution in [0.25, 0.3) is 16.2 Å². The van der Waals surface area contributed by atoms with Crippen molar-refractivity contribution in [3.8, 4) is 22.8 Å². The molecule has 1 N–H and O–H groups in total. The summed E-state index contributed by atoms with van der Waals surface area (Å²) < 4.78 is 11.8. The van der Waals surface area contributed by atoms with E-state index in [1.54, 1.807) is 29.6 Å². The van der Waals surface area contributed by atoms with Crippen molar-refractivity contribution < 1.29 is 14.3 Å². The van der Waals surface area contributed by atoms with Crippen LogP contribution in [0.2, 0.25) is 5.02 Å². The highest BCUT2D eigenvalue weighted by atomic mass is 35.5. The monoisotopic (exact) mass is 441 g/mol. The van der Waals surface area contributed by atoms with Crippen LogP contribution in [0.15, 0.2) is 58.8 Å². The molecule has 152 valence electrons. The van der Waals surface area contributed by atoms with Crippen LogP contribution in [-0.2, 0) is 0 Å². The second-order valence-electron chi connectivity index (χ2n) is 6.22. The second kappa shape index (κ2) is 8.17. The molecule has 4 aromatic rings. The van der Waals surface area contributed by atoms with E-state index in [1.807, 2.05) is 18.2 Å². The Morgan fingerprint density at radius 1 is 1.13 bits per heavy atom. The van der Waals surface area contributed by atoms with Gasteiger partial charge >= 0.3 is 0 Å². The zero-order chi connectivity index (χ0) is 21.3. The van der Waals surface area contributed by atoms with Crippen molar-refractivity contribution in [1.29, 1.82) is 0 Å². The van der Waals surface area contributed by atoms with Crippen molar-refractivity contribution in [2.75, 3.05) is 19.5 Å². The molecule has 0 radical (unpaired) electrons. The third kappa shape index (κ3) is 3.51. The minimum atomic E-state index is -0.578. The summed E-state index contributed by atoms with van der Waals surface area (Å²) in [6, 6.07) is 12.1. The van der Waals surface area contributed by atoms with E-state index in [0.29, 0.717) is 38.4 Å². The predicted molar refractivity (Wildman–Crippen MR) is 117 cm³/mol. The molecule has 0 saturated heterocycles. The number of benzene rings is 2. The van der Waals surface area contributed by atoms with Crippen molar-refractivity contribution in [3.63, 3.8) is 0 Å². The lowest BCUT2D eigenvalue weighted by molar-refractivity contribution is 0.102. The number of halogens is 1. The summed E-state index contributed by atoms with van der Waals surface area (Å²) in [4.78, 5) is 30.7. The maximum absolute atomic E-state index is 13.1. The van der Waals surface area contributed by atoms with Crippen molar-refractivity contribution in [3.05, 3.63) is 75.0 Å². The summed E-state index contributed by atoms with van der Waals surface area (Å²) in [7, 11) is 3.02. The first kappa shape index (κ1) is 19.9. The molecule has 7 nitrogen and oxygen atoms in total. The number of rotatable bonds is 5. The molecular formula is C21H16ClN3O4S. The molecule has 0 unspecified atom stereocenters. The number of hydrogen-bond donors (Lipinski definition) is 1. The quantitative estimate of drug-likeness (QED) is 0.498. The van der Waals surface area contributed by atoms with Crippen LogP contribution >= 0.6 is 22.9 Å². The summed E-state index contributed by atoms with van der Waals surface area (Å²) in [6.45, 7) is 0. The molecule has 9 heteroatoms. The number of nitrogens with zero attached hydrogens (tertiary/aromatic N) is 2. The molecule has 30 heavy (non-hydrogen) atoms. The number of anilines is 1. The number of fused-ring (bicyclic) bond motifs is 1. The molecule has 0 spiro atoms. The number of amides is 1. The highest BCUT2D eigenvalue weighted by molar-refractivity contribution is 7.15. The number of nitrogens with one attached hydrogen (secondary N) is 1. The maximum Gasteiger partial charge on any atom is 0.271 e. The fraction of sp³-hybridized carbons (Fsp3) is 0.0952. The van der Waals surface area contributed by atoms with Crippen molar-refractivity contribution in [2.24, 2.45) is 0 Å². The van der Waals surface area contributed by atoms with Gasteiger partial charge in [0, 0.05) is 33.9 Å². The van der Waals surface area contributed by atoms with Gasteiger partial charge in [-0.2, -0.15) is 0 Å². The lowest BCUT2D eigenvalue weighted by Gasteiger charge is -2.10. The summed E-state index contributed by atoms with van der Waals surface area (Å²) in [6.07, 6.45) is 1.28. The molecule has 0 bridgehead atoms. The third-order valence-electron chi connectivity index (χ3n) is 4.48. The summed E-state index contributed by atoms with van der Waals surface area (Å²) in [5, 5.41) is 5.00. The number of hydrogen-bond acceptors (Lipinski definition) is 6. The van der Waals surface area contributed by atoms with Gasteiger partial charge in [-0.1, -0.05) is 29.8 Å². The van der Waals surface area contributed by atoms with Crippen molar-refractivity contribution >= 4 is 39.5 Å². The average molecular weight is 442 g/mol. The zero-order valence-corrected chi connectivity index (χ0v) is 17.6. The predicted octanol–water partition coefficient (Wildman–Crippen LogP) is 4.35. The van der Waals surface area contributed by atoms with Gasteiger partial charge in [-0.25, -0.2) is 4.98 Å². The molecule has 4 rings (SSSR count). The number of methoxy groups -OCH3 is 2. The van der Waals surface area contributed by atoms with Gasteiger partial charge < -0.3 is 14.8 Å². The number of ether oxygens (including phenoxy) is 2. The molecular weight excluding hydrogens is 426 g/mol. The van der Waals surface area contributed by atoms with Crippen molar-refractivity contribution in [1.82, 2.24) is 9.38 Å². The molecule has 0 saturated carbocycles. The second-order valence-corrected chi connectivity index (χ2v) is 7.46. The van der Waals surface area contributed by atoms with Crippen LogP contribution in [0, 0.1) is 0 Å². The maximum atomic E-state index is 13.1. The highest BCUT2D eigenvalue weighted by Gasteiger charge is 2.18. The Morgan fingerprint density at radius 2 is 1.90 bits per heavy atom. The van der Waals surface area contributed by atoms with E-state index in [2.05, 4.69) is 10.3 Å². The zero-order valence-electron chi connectivity index (χ0n) is 16.0. The van der Waals surface area contributed by atoms with Gasteiger partial charge in [0.1, 0.15) is 5.56 Å². The van der Waals surface area contributed by atoms with Crippen LogP contribution in [0.1, 0.15) is 10.4 Å². The van der Waals surface area contributed by atoms with Gasteiger partial charge in [0.15, 0.2) is 16.5 Å². The molecule has 2 aromatic heterocycles. The molecule has 0 aliphatic heterocycles. The first-order valence-electron chi connectivity index (χ1n) is 8.81. The van der Waals surface area contributed by atoms with Crippen molar-refractivity contribution in [2.45, 2.75) is 0 Å². The number of thiazole rings is 1. The van der Waals surface area contributed by atoms with Gasteiger partial charge in [0.2, 0.25) is 0 Å². The molecule has 0 fully saturated rings. The average Bonchev–Trinajstić information content (AvgIpc) is 3.19. The number of carbonyl (C=O) groups is 1. The van der Waals surface area contributed by atoms with Gasteiger partial charge in [-0.15, -0.1) is 11.3 Å². The van der Waals surface area contributed by atoms with Crippen LogP contribution < -0.4 is 20.3 Å². The Bertz CT molecular complexity index is 1320. The van der Waals surface area contributed by atoms with Gasteiger partial charge in [0.25, 0.3) is 11.5 Å². The molecule has 2 heterocycles. The van der Waals surface area contributed by atoms with E-state index in [4.69, 9.17) is 21.1 Å². The largest absolute Gasteiger partial charge is 0.493 e. The SMILES string of the molecule is COc1ccc(NC(=O)c2cnc3scc(-c4ccccc4Cl)n3c2=O)cc1OC. The molecule has 2 aromatic carbocycles. The van der Waals surface area contributed by atoms with E-state index in [-0.39, 0.29) is 5.56 Å². The molecule has 0 aliphatic rings. The van der Waals surface area contributed by atoms with E-state index < -0.39 is 11.5 Å². The Hall–Kier alpha value is -3.36. The fourth-order valence-corrected chi connectivity index (χ4v) is 4.10. The van der Waals surface area contributed by atoms with Crippen LogP contribution in [0.3, 0.4) is 0 Å².